The Morgan fingerprint density at radius 1 is 1.25 bits per heavy atom. The van der Waals surface area contributed by atoms with Gasteiger partial charge in [0.2, 0.25) is 0 Å². The molecule has 0 heterocycles. The fourth-order valence-corrected chi connectivity index (χ4v) is 2.89. The molecule has 0 fully saturated rings. The van der Waals surface area contributed by atoms with Crippen LogP contribution in [0.1, 0.15) is 59.1 Å². The van der Waals surface area contributed by atoms with Gasteiger partial charge in [-0.05, 0) is 49.4 Å². The van der Waals surface area contributed by atoms with Crippen LogP contribution in [0.2, 0.25) is 0 Å². The van der Waals surface area contributed by atoms with Crippen molar-refractivity contribution in [3.05, 3.63) is 28.2 Å². The van der Waals surface area contributed by atoms with E-state index in [9.17, 15) is 0 Å². The van der Waals surface area contributed by atoms with Crippen molar-refractivity contribution in [1.29, 1.82) is 0 Å². The number of rotatable bonds is 8. The summed E-state index contributed by atoms with van der Waals surface area (Å²) in [4.78, 5) is 0. The Morgan fingerprint density at radius 2 is 1.95 bits per heavy atom. The predicted octanol–water partition coefficient (Wildman–Crippen LogP) is 5.32. The molecule has 0 amide bonds. The van der Waals surface area contributed by atoms with Crippen LogP contribution >= 0.6 is 15.9 Å². The lowest BCUT2D eigenvalue weighted by Gasteiger charge is -2.35. The van der Waals surface area contributed by atoms with Gasteiger partial charge in [0.05, 0.1) is 6.61 Å². The summed E-state index contributed by atoms with van der Waals surface area (Å²) in [5.74, 6) is 0.923. The first-order chi connectivity index (χ1) is 9.46. The highest BCUT2D eigenvalue weighted by molar-refractivity contribution is 9.10. The van der Waals surface area contributed by atoms with Crippen LogP contribution in [0.4, 0.5) is 0 Å². The summed E-state index contributed by atoms with van der Waals surface area (Å²) >= 11 is 3.71. The summed E-state index contributed by atoms with van der Waals surface area (Å²) in [6, 6.07) is 6.67. The molecule has 1 rings (SSSR count). The van der Waals surface area contributed by atoms with E-state index in [4.69, 9.17) is 4.74 Å². The molecule has 1 aromatic carbocycles. The van der Waals surface area contributed by atoms with E-state index >= 15 is 0 Å². The van der Waals surface area contributed by atoms with Crippen molar-refractivity contribution in [1.82, 2.24) is 5.32 Å². The number of halogens is 1. The van der Waals surface area contributed by atoms with Gasteiger partial charge in [0.15, 0.2) is 0 Å². The van der Waals surface area contributed by atoms with Crippen LogP contribution in [0.3, 0.4) is 0 Å². The fourth-order valence-electron chi connectivity index (χ4n) is 2.30. The van der Waals surface area contributed by atoms with E-state index in [-0.39, 0.29) is 5.41 Å². The number of hydrogen-bond acceptors (Lipinski definition) is 2. The lowest BCUT2D eigenvalue weighted by Crippen LogP contribution is -2.34. The van der Waals surface area contributed by atoms with Gasteiger partial charge in [-0.15, -0.1) is 0 Å². The topological polar surface area (TPSA) is 21.3 Å². The molecule has 1 unspecified atom stereocenters. The lowest BCUT2D eigenvalue weighted by atomic mass is 9.78. The third-order valence-corrected chi connectivity index (χ3v) is 4.57. The Morgan fingerprint density at radius 3 is 2.45 bits per heavy atom. The Balaban J connectivity index is 3.07. The molecule has 0 aliphatic rings. The van der Waals surface area contributed by atoms with Gasteiger partial charge < -0.3 is 10.1 Å². The van der Waals surface area contributed by atoms with Crippen molar-refractivity contribution < 1.29 is 4.74 Å². The molecule has 0 bridgehead atoms. The maximum atomic E-state index is 5.56. The molecule has 0 radical (unpaired) electrons. The highest BCUT2D eigenvalue weighted by Gasteiger charge is 2.30. The second kappa shape index (κ2) is 8.04. The maximum Gasteiger partial charge on any atom is 0.120 e. The first-order valence-electron chi connectivity index (χ1n) is 7.61. The summed E-state index contributed by atoms with van der Waals surface area (Å²) in [5.41, 5.74) is 1.53. The minimum Gasteiger partial charge on any atom is -0.494 e. The molecule has 114 valence electrons. The summed E-state index contributed by atoms with van der Waals surface area (Å²) in [6.07, 6.45) is 2.28. The van der Waals surface area contributed by atoms with Crippen LogP contribution in [-0.2, 0) is 0 Å². The van der Waals surface area contributed by atoms with Gasteiger partial charge in [-0.2, -0.15) is 0 Å². The average molecular weight is 342 g/mol. The second-order valence-electron chi connectivity index (χ2n) is 5.85. The molecule has 1 atom stereocenters. The highest BCUT2D eigenvalue weighted by atomic mass is 79.9. The SMILES string of the molecule is CCCNC(c1ccc(OCC)cc1Br)C(C)(C)CC. The van der Waals surface area contributed by atoms with Crippen molar-refractivity contribution in [2.75, 3.05) is 13.2 Å². The van der Waals surface area contributed by atoms with E-state index in [0.29, 0.717) is 12.6 Å². The Bertz CT molecular complexity index is 417. The van der Waals surface area contributed by atoms with Crippen molar-refractivity contribution in [3.63, 3.8) is 0 Å². The van der Waals surface area contributed by atoms with Crippen LogP contribution in [0.25, 0.3) is 0 Å². The standard InChI is InChI=1S/C17H28BrNO/c1-6-11-19-16(17(4,5)7-2)14-10-9-13(20-8-3)12-15(14)18/h9-10,12,16,19H,6-8,11H2,1-5H3. The summed E-state index contributed by atoms with van der Waals surface area (Å²) in [6.45, 7) is 12.8. The first-order valence-corrected chi connectivity index (χ1v) is 8.41. The van der Waals surface area contributed by atoms with Crippen LogP contribution in [0.15, 0.2) is 22.7 Å². The quantitative estimate of drug-likeness (QED) is 0.690. The molecule has 0 aliphatic heterocycles. The number of hydrogen-bond donors (Lipinski definition) is 1. The molecule has 0 spiro atoms. The van der Waals surface area contributed by atoms with Gasteiger partial charge in [0, 0.05) is 10.5 Å². The molecule has 1 aromatic rings. The van der Waals surface area contributed by atoms with Crippen LogP contribution in [0.5, 0.6) is 5.75 Å². The molecule has 3 heteroatoms. The fraction of sp³-hybridized carbons (Fsp3) is 0.647. The smallest absolute Gasteiger partial charge is 0.120 e. The maximum absolute atomic E-state index is 5.56. The van der Waals surface area contributed by atoms with E-state index in [1.807, 2.05) is 6.92 Å². The van der Waals surface area contributed by atoms with E-state index in [0.717, 1.165) is 29.6 Å². The zero-order chi connectivity index (χ0) is 15.2. The van der Waals surface area contributed by atoms with Gasteiger partial charge in [0.1, 0.15) is 5.75 Å². The van der Waals surface area contributed by atoms with Crippen molar-refractivity contribution in [3.8, 4) is 5.75 Å². The second-order valence-corrected chi connectivity index (χ2v) is 6.70. The third-order valence-electron chi connectivity index (χ3n) is 3.89. The van der Waals surface area contributed by atoms with E-state index in [2.05, 4.69) is 67.1 Å². The van der Waals surface area contributed by atoms with Crippen LogP contribution in [-0.4, -0.2) is 13.2 Å². The molecule has 0 aromatic heterocycles. The van der Waals surface area contributed by atoms with E-state index in [1.165, 1.54) is 5.56 Å². The summed E-state index contributed by atoms with van der Waals surface area (Å²) in [5, 5.41) is 3.70. The number of benzene rings is 1. The monoisotopic (exact) mass is 341 g/mol. The summed E-state index contributed by atoms with van der Waals surface area (Å²) in [7, 11) is 0. The van der Waals surface area contributed by atoms with Crippen molar-refractivity contribution in [2.24, 2.45) is 5.41 Å². The first kappa shape index (κ1) is 17.5. The Labute approximate surface area is 132 Å². The van der Waals surface area contributed by atoms with Gasteiger partial charge in [-0.3, -0.25) is 0 Å². The average Bonchev–Trinajstić information content (AvgIpc) is 2.41. The normalized spacial score (nSPS) is 13.3. The predicted molar refractivity (Wildman–Crippen MR) is 90.4 cm³/mol. The molecular weight excluding hydrogens is 314 g/mol. The molecule has 1 N–H and O–H groups in total. The van der Waals surface area contributed by atoms with Gasteiger partial charge in [0.25, 0.3) is 0 Å². The Hall–Kier alpha value is -0.540. The van der Waals surface area contributed by atoms with Crippen molar-refractivity contribution in [2.45, 2.75) is 53.5 Å². The molecule has 20 heavy (non-hydrogen) atoms. The number of nitrogens with one attached hydrogen (secondary N) is 1. The number of ether oxygens (including phenoxy) is 1. The minimum absolute atomic E-state index is 0.213. The van der Waals surface area contributed by atoms with E-state index < -0.39 is 0 Å². The summed E-state index contributed by atoms with van der Waals surface area (Å²) < 4.78 is 6.69. The van der Waals surface area contributed by atoms with Gasteiger partial charge in [-0.1, -0.05) is 49.7 Å². The van der Waals surface area contributed by atoms with E-state index in [1.54, 1.807) is 0 Å². The zero-order valence-electron chi connectivity index (χ0n) is 13.4. The van der Waals surface area contributed by atoms with Crippen LogP contribution in [0, 0.1) is 5.41 Å². The molecule has 2 nitrogen and oxygen atoms in total. The highest BCUT2D eigenvalue weighted by Crippen LogP contribution is 2.40. The molecule has 0 aliphatic carbocycles. The minimum atomic E-state index is 0.213. The molecular formula is C17H28BrNO. The lowest BCUT2D eigenvalue weighted by molar-refractivity contribution is 0.234. The van der Waals surface area contributed by atoms with Crippen LogP contribution < -0.4 is 10.1 Å². The van der Waals surface area contributed by atoms with Gasteiger partial charge in [-0.25, -0.2) is 0 Å². The van der Waals surface area contributed by atoms with Crippen molar-refractivity contribution >= 4 is 15.9 Å². The third kappa shape index (κ3) is 4.49. The molecule has 0 saturated heterocycles. The van der Waals surface area contributed by atoms with Gasteiger partial charge >= 0.3 is 0 Å². The Kier molecular flexibility index (Phi) is 7.04. The zero-order valence-corrected chi connectivity index (χ0v) is 15.0. The largest absolute Gasteiger partial charge is 0.494 e. The molecule has 0 saturated carbocycles.